The molecule has 2 aliphatic heterocycles. The van der Waals surface area contributed by atoms with Gasteiger partial charge in [0.15, 0.2) is 0 Å². The summed E-state index contributed by atoms with van der Waals surface area (Å²) in [5.41, 5.74) is 1.98. The van der Waals surface area contributed by atoms with Gasteiger partial charge in [0.25, 0.3) is 0 Å². The summed E-state index contributed by atoms with van der Waals surface area (Å²) in [5.74, 6) is -1.11. The van der Waals surface area contributed by atoms with Crippen LogP contribution in [0.1, 0.15) is 26.7 Å². The maximum Gasteiger partial charge on any atom is 0.346 e. The number of hydrogen-bond donors (Lipinski definition) is 1. The van der Waals surface area contributed by atoms with Crippen molar-refractivity contribution in [3.63, 3.8) is 0 Å². The Morgan fingerprint density at radius 2 is 2.24 bits per heavy atom. The van der Waals surface area contributed by atoms with Crippen molar-refractivity contribution in [1.29, 1.82) is 0 Å². The number of aliphatic imine (C=N–C) groups is 1. The minimum absolute atomic E-state index is 0.00723. The van der Waals surface area contributed by atoms with E-state index in [1.807, 2.05) is 20.0 Å². The van der Waals surface area contributed by atoms with Gasteiger partial charge in [-0.2, -0.15) is 0 Å². The van der Waals surface area contributed by atoms with Gasteiger partial charge in [0, 0.05) is 11.9 Å². The van der Waals surface area contributed by atoms with Gasteiger partial charge in [-0.15, -0.1) is 0 Å². The second kappa shape index (κ2) is 4.37. The van der Waals surface area contributed by atoms with E-state index in [9.17, 15) is 9.00 Å². The molecule has 0 unspecified atom stereocenters. The summed E-state index contributed by atoms with van der Waals surface area (Å²) in [7, 11) is -1.62. The first-order valence-corrected chi connectivity index (χ1v) is 6.66. The SMILES string of the molecule is CCC1=CN2CC(C(=O)O)=S(=O)=C2N=C1CC. The van der Waals surface area contributed by atoms with E-state index >= 15 is 0 Å². The lowest BCUT2D eigenvalue weighted by Gasteiger charge is -2.22. The van der Waals surface area contributed by atoms with Crippen LogP contribution in [0.25, 0.3) is 0 Å². The van der Waals surface area contributed by atoms with E-state index in [2.05, 4.69) is 4.99 Å². The first-order chi connectivity index (χ1) is 8.08. The highest BCUT2D eigenvalue weighted by Crippen LogP contribution is 2.17. The zero-order valence-corrected chi connectivity index (χ0v) is 10.6. The van der Waals surface area contributed by atoms with Crippen LogP contribution in [0.3, 0.4) is 0 Å². The monoisotopic (exact) mass is 254 g/mol. The summed E-state index contributed by atoms with van der Waals surface area (Å²) in [6.07, 6.45) is 3.47. The van der Waals surface area contributed by atoms with Crippen LogP contribution in [0.2, 0.25) is 0 Å². The van der Waals surface area contributed by atoms with Crippen molar-refractivity contribution >= 4 is 31.6 Å². The Hall–Kier alpha value is -1.56. The highest BCUT2D eigenvalue weighted by molar-refractivity contribution is 7.86. The molecule has 0 aromatic rings. The number of carboxylic acids is 1. The first-order valence-electron chi connectivity index (χ1n) is 5.51. The van der Waals surface area contributed by atoms with Crippen LogP contribution in [0.5, 0.6) is 0 Å². The van der Waals surface area contributed by atoms with Crippen molar-refractivity contribution in [3.05, 3.63) is 11.8 Å². The zero-order chi connectivity index (χ0) is 12.6. The molecule has 2 aliphatic rings. The van der Waals surface area contributed by atoms with Gasteiger partial charge in [-0.3, -0.25) is 0 Å². The third-order valence-corrected chi connectivity index (χ3v) is 4.23. The standard InChI is InChI=1S/C11H14N2O3S/c1-3-7-5-13-6-9(10(14)15)17(16)11(13)12-8(7)4-2/h5H,3-4,6H2,1-2H3,(H,14,15). The number of hydrogen-bond acceptors (Lipinski definition) is 4. The van der Waals surface area contributed by atoms with Gasteiger partial charge < -0.3 is 10.0 Å². The molecule has 2 heterocycles. The molecular weight excluding hydrogens is 240 g/mol. The second-order valence-electron chi connectivity index (χ2n) is 3.83. The molecule has 0 radical (unpaired) electrons. The smallest absolute Gasteiger partial charge is 0.346 e. The van der Waals surface area contributed by atoms with Gasteiger partial charge in [-0.05, 0) is 18.4 Å². The van der Waals surface area contributed by atoms with Crippen LogP contribution in [0, 0.1) is 0 Å². The molecule has 0 aromatic heterocycles. The van der Waals surface area contributed by atoms with Gasteiger partial charge in [-0.1, -0.05) is 13.8 Å². The van der Waals surface area contributed by atoms with Crippen LogP contribution in [-0.4, -0.2) is 42.4 Å². The van der Waals surface area contributed by atoms with Crippen LogP contribution in [0.15, 0.2) is 16.8 Å². The van der Waals surface area contributed by atoms with Crippen LogP contribution < -0.4 is 0 Å². The van der Waals surface area contributed by atoms with Crippen LogP contribution in [0.4, 0.5) is 0 Å². The van der Waals surface area contributed by atoms with Gasteiger partial charge >= 0.3 is 5.97 Å². The Balaban J connectivity index is 2.54. The quantitative estimate of drug-likeness (QED) is 0.747. The van der Waals surface area contributed by atoms with Crippen molar-refractivity contribution in [3.8, 4) is 0 Å². The minimum Gasteiger partial charge on any atom is -0.477 e. The molecule has 2 rings (SSSR count). The van der Waals surface area contributed by atoms with E-state index < -0.39 is 15.9 Å². The molecule has 5 nitrogen and oxygen atoms in total. The number of fused-ring (bicyclic) bond motifs is 1. The number of aliphatic carboxylic acids is 1. The number of carboxylic acid groups (broad SMARTS) is 1. The van der Waals surface area contributed by atoms with Gasteiger partial charge in [0.2, 0.25) is 5.11 Å². The van der Waals surface area contributed by atoms with Gasteiger partial charge in [0.05, 0.1) is 16.5 Å². The van der Waals surface area contributed by atoms with Crippen LogP contribution >= 0.6 is 0 Å². The highest BCUT2D eigenvalue weighted by atomic mass is 32.1. The summed E-state index contributed by atoms with van der Waals surface area (Å²) in [4.78, 5) is 16.9. The van der Waals surface area contributed by atoms with Crippen molar-refractivity contribution in [2.75, 3.05) is 6.54 Å². The predicted molar refractivity (Wildman–Crippen MR) is 68.6 cm³/mol. The molecule has 0 atom stereocenters. The summed E-state index contributed by atoms with van der Waals surface area (Å²) in [6.45, 7) is 4.18. The van der Waals surface area contributed by atoms with E-state index in [1.54, 1.807) is 4.90 Å². The third-order valence-electron chi connectivity index (χ3n) is 2.82. The lowest BCUT2D eigenvalue weighted by Crippen LogP contribution is -2.31. The largest absolute Gasteiger partial charge is 0.477 e. The van der Waals surface area contributed by atoms with E-state index in [0.29, 0.717) is 5.11 Å². The minimum atomic E-state index is -1.62. The molecule has 6 heteroatoms. The maximum atomic E-state index is 11.9. The molecule has 1 N–H and O–H groups in total. The molecule has 0 bridgehead atoms. The Morgan fingerprint density at radius 3 is 2.76 bits per heavy atom. The Bertz CT molecular complexity index is 584. The van der Waals surface area contributed by atoms with E-state index in [-0.39, 0.29) is 11.4 Å². The van der Waals surface area contributed by atoms with Crippen molar-refractivity contribution in [2.45, 2.75) is 26.7 Å². The molecule has 0 amide bonds. The molecule has 0 saturated heterocycles. The van der Waals surface area contributed by atoms with E-state index in [4.69, 9.17) is 5.11 Å². The summed E-state index contributed by atoms with van der Waals surface area (Å²) in [5, 5.41) is 9.30. The predicted octanol–water partition coefficient (Wildman–Crippen LogP) is 0.554. The van der Waals surface area contributed by atoms with Gasteiger partial charge in [0.1, 0.15) is 4.86 Å². The summed E-state index contributed by atoms with van der Waals surface area (Å²) < 4.78 is 11.9. The zero-order valence-electron chi connectivity index (χ0n) is 9.77. The molecule has 0 aliphatic carbocycles. The number of allylic oxidation sites excluding steroid dienone is 1. The molecule has 0 aromatic carbocycles. The van der Waals surface area contributed by atoms with Crippen molar-refractivity contribution in [1.82, 2.24) is 4.90 Å². The van der Waals surface area contributed by atoms with Gasteiger partial charge in [-0.25, -0.2) is 14.0 Å². The molecular formula is C11H14N2O3S. The van der Waals surface area contributed by atoms with Crippen molar-refractivity contribution < 1.29 is 14.1 Å². The second-order valence-corrected chi connectivity index (χ2v) is 5.22. The fraction of sp³-hybridized carbons (Fsp3) is 0.455. The molecule has 0 saturated carbocycles. The maximum absolute atomic E-state index is 11.9. The average Bonchev–Trinajstić information content (AvgIpc) is 2.64. The molecule has 17 heavy (non-hydrogen) atoms. The Morgan fingerprint density at radius 1 is 1.53 bits per heavy atom. The van der Waals surface area contributed by atoms with E-state index in [1.165, 1.54) is 0 Å². The van der Waals surface area contributed by atoms with Crippen LogP contribution in [-0.2, 0) is 14.8 Å². The Kier molecular flexibility index (Phi) is 3.06. The van der Waals surface area contributed by atoms with Crippen molar-refractivity contribution in [2.24, 2.45) is 4.99 Å². The number of nitrogens with zero attached hydrogens (tertiary/aromatic N) is 2. The number of carbonyl (C=O) groups is 1. The number of rotatable bonds is 3. The Labute approximate surface area is 101 Å². The molecule has 0 fully saturated rings. The normalized spacial score (nSPS) is 19.2. The highest BCUT2D eigenvalue weighted by Gasteiger charge is 2.28. The topological polar surface area (TPSA) is 70.0 Å². The molecule has 0 spiro atoms. The average molecular weight is 254 g/mol. The fourth-order valence-electron chi connectivity index (χ4n) is 1.90. The molecule has 92 valence electrons. The first kappa shape index (κ1) is 11.9. The lowest BCUT2D eigenvalue weighted by molar-refractivity contribution is -0.129. The third kappa shape index (κ3) is 1.88. The summed E-state index contributed by atoms with van der Waals surface area (Å²) in [6, 6.07) is 0. The lowest BCUT2D eigenvalue weighted by atomic mass is 10.1. The summed E-state index contributed by atoms with van der Waals surface area (Å²) >= 11 is 0. The van der Waals surface area contributed by atoms with E-state index in [0.717, 1.165) is 24.1 Å². The fourth-order valence-corrected chi connectivity index (χ4v) is 3.06.